The molecule has 0 atom stereocenters. The molecule has 0 amide bonds. The van der Waals surface area contributed by atoms with E-state index in [-0.39, 0.29) is 4.90 Å². The van der Waals surface area contributed by atoms with Crippen LogP contribution in [-0.4, -0.2) is 13.6 Å². The molecule has 0 bridgehead atoms. The van der Waals surface area contributed by atoms with Crippen LogP contribution in [0.3, 0.4) is 0 Å². The molecule has 1 aromatic heterocycles. The van der Waals surface area contributed by atoms with Crippen molar-refractivity contribution in [2.45, 2.75) is 39.0 Å². The van der Waals surface area contributed by atoms with Crippen LogP contribution >= 0.6 is 0 Å². The summed E-state index contributed by atoms with van der Waals surface area (Å²) in [5.74, 6) is 0.550. The van der Waals surface area contributed by atoms with Crippen LogP contribution in [0.15, 0.2) is 51.9 Å². The Hall–Kier alpha value is -2.60. The molecule has 0 saturated heterocycles. The zero-order valence-corrected chi connectivity index (χ0v) is 16.1. The van der Waals surface area contributed by atoms with Gasteiger partial charge < -0.3 is 4.52 Å². The van der Waals surface area contributed by atoms with Crippen LogP contribution in [0.4, 0.5) is 5.69 Å². The molecule has 3 rings (SSSR count). The van der Waals surface area contributed by atoms with Crippen molar-refractivity contribution < 1.29 is 12.9 Å². The third-order valence-corrected chi connectivity index (χ3v) is 5.80. The van der Waals surface area contributed by atoms with Crippen molar-refractivity contribution in [2.24, 2.45) is 0 Å². The Morgan fingerprint density at radius 2 is 1.73 bits per heavy atom. The van der Waals surface area contributed by atoms with Crippen molar-refractivity contribution in [1.29, 1.82) is 0 Å². The molecule has 5 nitrogen and oxygen atoms in total. The molecule has 6 heteroatoms. The molecule has 1 N–H and O–H groups in total. The van der Waals surface area contributed by atoms with E-state index in [0.717, 1.165) is 22.4 Å². The van der Waals surface area contributed by atoms with Gasteiger partial charge in [-0.2, -0.15) is 0 Å². The molecule has 1 heterocycles. The predicted molar refractivity (Wildman–Crippen MR) is 103 cm³/mol. The maximum absolute atomic E-state index is 13.1. The Kier molecular flexibility index (Phi) is 4.87. The fourth-order valence-corrected chi connectivity index (χ4v) is 4.45. The molecule has 0 fully saturated rings. The molecule has 0 radical (unpaired) electrons. The number of aryl methyl sites for hydroxylation is 4. The fourth-order valence-electron chi connectivity index (χ4n) is 2.91. The van der Waals surface area contributed by atoms with Crippen molar-refractivity contribution in [2.75, 3.05) is 4.72 Å². The maximum atomic E-state index is 13.1. The minimum absolute atomic E-state index is 0.259. The zero-order valence-electron chi connectivity index (χ0n) is 15.3. The monoisotopic (exact) mass is 370 g/mol. The lowest BCUT2D eigenvalue weighted by atomic mass is 10.1. The van der Waals surface area contributed by atoms with Gasteiger partial charge in [0.15, 0.2) is 5.76 Å². The fraction of sp³-hybridized carbons (Fsp3) is 0.250. The first kappa shape index (κ1) is 18.2. The zero-order chi connectivity index (χ0) is 18.9. The SMILES string of the molecule is CCc1ccc(-c2cc(C)no2)cc1S(=O)(=O)Nc1c(C)cccc1C. The maximum Gasteiger partial charge on any atom is 0.262 e. The molecule has 26 heavy (non-hydrogen) atoms. The van der Waals surface area contributed by atoms with Gasteiger partial charge >= 0.3 is 0 Å². The number of benzene rings is 2. The van der Waals surface area contributed by atoms with Crippen LogP contribution in [0.1, 0.15) is 29.3 Å². The Balaban J connectivity index is 2.08. The van der Waals surface area contributed by atoms with Crippen LogP contribution in [0.2, 0.25) is 0 Å². The Morgan fingerprint density at radius 1 is 1.04 bits per heavy atom. The Morgan fingerprint density at radius 3 is 2.31 bits per heavy atom. The van der Waals surface area contributed by atoms with Gasteiger partial charge in [0.1, 0.15) is 0 Å². The molecule has 0 aliphatic heterocycles. The van der Waals surface area contributed by atoms with Gasteiger partial charge in [-0.05, 0) is 49.9 Å². The topological polar surface area (TPSA) is 72.2 Å². The van der Waals surface area contributed by atoms with E-state index in [4.69, 9.17) is 4.52 Å². The number of sulfonamides is 1. The van der Waals surface area contributed by atoms with Crippen LogP contribution in [0, 0.1) is 20.8 Å². The molecule has 2 aromatic carbocycles. The highest BCUT2D eigenvalue weighted by Gasteiger charge is 2.21. The Bertz CT molecular complexity index is 1030. The molecule has 0 spiro atoms. The van der Waals surface area contributed by atoms with Gasteiger partial charge in [-0.1, -0.05) is 42.4 Å². The van der Waals surface area contributed by atoms with Gasteiger partial charge in [0.2, 0.25) is 0 Å². The standard InChI is InChI=1S/C20H22N2O3S/c1-5-16-9-10-17(18-11-15(4)21-25-18)12-19(16)26(23,24)22-20-13(2)7-6-8-14(20)3/h6-12,22H,5H2,1-4H3. The van der Waals surface area contributed by atoms with E-state index >= 15 is 0 Å². The summed E-state index contributed by atoms with van der Waals surface area (Å²) in [5, 5.41) is 3.88. The smallest absolute Gasteiger partial charge is 0.262 e. The van der Waals surface area contributed by atoms with E-state index in [0.29, 0.717) is 23.4 Å². The molecular weight excluding hydrogens is 348 g/mol. The number of para-hydroxylation sites is 1. The lowest BCUT2D eigenvalue weighted by Crippen LogP contribution is -2.16. The largest absolute Gasteiger partial charge is 0.356 e. The highest BCUT2D eigenvalue weighted by Crippen LogP contribution is 2.29. The Labute approximate surface area is 154 Å². The number of nitrogens with one attached hydrogen (secondary N) is 1. The van der Waals surface area contributed by atoms with E-state index < -0.39 is 10.0 Å². The minimum atomic E-state index is -3.74. The molecule has 0 saturated carbocycles. The minimum Gasteiger partial charge on any atom is -0.356 e. The van der Waals surface area contributed by atoms with E-state index in [9.17, 15) is 8.42 Å². The van der Waals surface area contributed by atoms with E-state index in [1.807, 2.05) is 58.0 Å². The van der Waals surface area contributed by atoms with Crippen LogP contribution in [-0.2, 0) is 16.4 Å². The normalized spacial score (nSPS) is 11.5. The third kappa shape index (κ3) is 3.51. The summed E-state index contributed by atoms with van der Waals surface area (Å²) in [6, 6.07) is 12.8. The second-order valence-electron chi connectivity index (χ2n) is 6.38. The van der Waals surface area contributed by atoms with Crippen LogP contribution < -0.4 is 4.72 Å². The summed E-state index contributed by atoms with van der Waals surface area (Å²) in [7, 11) is -3.74. The van der Waals surface area contributed by atoms with Crippen molar-refractivity contribution in [1.82, 2.24) is 5.16 Å². The van der Waals surface area contributed by atoms with Crippen LogP contribution in [0.5, 0.6) is 0 Å². The molecule has 0 aliphatic rings. The lowest BCUT2D eigenvalue weighted by Gasteiger charge is -2.15. The second-order valence-corrected chi connectivity index (χ2v) is 8.03. The van der Waals surface area contributed by atoms with Gasteiger partial charge in [0.05, 0.1) is 16.3 Å². The lowest BCUT2D eigenvalue weighted by molar-refractivity contribution is 0.427. The second kappa shape index (κ2) is 6.96. The van der Waals surface area contributed by atoms with Crippen molar-refractivity contribution in [3.63, 3.8) is 0 Å². The predicted octanol–water partition coefficient (Wildman–Crippen LogP) is 4.63. The van der Waals surface area contributed by atoms with Gasteiger partial charge in [0, 0.05) is 11.6 Å². The molecule has 0 unspecified atom stereocenters. The van der Waals surface area contributed by atoms with E-state index in [2.05, 4.69) is 9.88 Å². The van der Waals surface area contributed by atoms with E-state index in [1.54, 1.807) is 12.1 Å². The number of hydrogen-bond acceptors (Lipinski definition) is 4. The molecule has 0 aliphatic carbocycles. The first-order valence-electron chi connectivity index (χ1n) is 8.47. The van der Waals surface area contributed by atoms with Crippen molar-refractivity contribution in [3.8, 4) is 11.3 Å². The van der Waals surface area contributed by atoms with E-state index in [1.165, 1.54) is 0 Å². The van der Waals surface area contributed by atoms with Crippen molar-refractivity contribution in [3.05, 3.63) is 64.8 Å². The summed E-state index contributed by atoms with van der Waals surface area (Å²) in [6.45, 7) is 7.54. The average molecular weight is 370 g/mol. The number of rotatable bonds is 5. The summed E-state index contributed by atoms with van der Waals surface area (Å²) < 4.78 is 34.3. The highest BCUT2D eigenvalue weighted by atomic mass is 32.2. The number of anilines is 1. The average Bonchev–Trinajstić information content (AvgIpc) is 3.04. The highest BCUT2D eigenvalue weighted by molar-refractivity contribution is 7.92. The van der Waals surface area contributed by atoms with Gasteiger partial charge in [-0.15, -0.1) is 0 Å². The van der Waals surface area contributed by atoms with Crippen LogP contribution in [0.25, 0.3) is 11.3 Å². The third-order valence-electron chi connectivity index (χ3n) is 4.37. The first-order valence-corrected chi connectivity index (χ1v) is 9.96. The molecular formula is C20H22N2O3S. The van der Waals surface area contributed by atoms with Gasteiger partial charge in [-0.25, -0.2) is 8.42 Å². The summed E-state index contributed by atoms with van der Waals surface area (Å²) in [6.07, 6.45) is 0.610. The summed E-state index contributed by atoms with van der Waals surface area (Å²) in [4.78, 5) is 0.259. The summed E-state index contributed by atoms with van der Waals surface area (Å²) >= 11 is 0. The van der Waals surface area contributed by atoms with Gasteiger partial charge in [0.25, 0.3) is 10.0 Å². The van der Waals surface area contributed by atoms with Crippen molar-refractivity contribution >= 4 is 15.7 Å². The molecule has 136 valence electrons. The quantitative estimate of drug-likeness (QED) is 0.711. The van der Waals surface area contributed by atoms with Gasteiger partial charge in [-0.3, -0.25) is 4.72 Å². The number of nitrogens with zero attached hydrogens (tertiary/aromatic N) is 1. The molecule has 3 aromatic rings. The number of aromatic nitrogens is 1. The first-order chi connectivity index (χ1) is 12.3. The summed E-state index contributed by atoms with van der Waals surface area (Å²) in [5.41, 5.74) is 4.57. The number of hydrogen-bond donors (Lipinski definition) is 1.